The van der Waals surface area contributed by atoms with Crippen LogP contribution in [0.5, 0.6) is 0 Å². The maximum atomic E-state index is 4.17. The van der Waals surface area contributed by atoms with Crippen molar-refractivity contribution in [2.75, 3.05) is 5.32 Å². The summed E-state index contributed by atoms with van der Waals surface area (Å²) in [5, 5.41) is 11.7. The number of hydrogen-bond donors (Lipinski definition) is 1. The molecule has 1 N–H and O–H groups in total. The summed E-state index contributed by atoms with van der Waals surface area (Å²) in [4.78, 5) is 0. The summed E-state index contributed by atoms with van der Waals surface area (Å²) >= 11 is 0. The Hall–Kier alpha value is -1.84. The minimum absolute atomic E-state index is 0.416. The Morgan fingerprint density at radius 2 is 1.89 bits per heavy atom. The molecule has 0 aliphatic rings. The molecule has 0 fully saturated rings. The van der Waals surface area contributed by atoms with E-state index in [1.165, 1.54) is 0 Å². The zero-order valence-corrected chi connectivity index (χ0v) is 11.4. The lowest BCUT2D eigenvalue weighted by molar-refractivity contribution is 0.560. The van der Waals surface area contributed by atoms with Gasteiger partial charge < -0.3 is 9.88 Å². The Morgan fingerprint density at radius 1 is 1.17 bits per heavy atom. The van der Waals surface area contributed by atoms with E-state index in [9.17, 15) is 0 Å². The molecule has 2 rings (SSSR count). The summed E-state index contributed by atoms with van der Waals surface area (Å²) in [6.45, 7) is 6.61. The van der Waals surface area contributed by atoms with E-state index in [0.717, 1.165) is 17.1 Å². The Labute approximate surface area is 108 Å². The largest absolute Gasteiger partial charge is 0.382 e. The number of nitrogens with zero attached hydrogens (tertiary/aromatic N) is 3. The minimum Gasteiger partial charge on any atom is -0.382 e. The average Bonchev–Trinajstić information content (AvgIpc) is 2.76. The van der Waals surface area contributed by atoms with E-state index in [0.29, 0.717) is 12.0 Å². The van der Waals surface area contributed by atoms with Gasteiger partial charge in [-0.15, -0.1) is 10.2 Å². The summed E-state index contributed by atoms with van der Waals surface area (Å²) in [5.74, 6) is 1.46. The normalized spacial score (nSPS) is 12.7. The predicted octanol–water partition coefficient (Wildman–Crippen LogP) is 2.94. The molecule has 0 saturated heterocycles. The zero-order valence-electron chi connectivity index (χ0n) is 11.4. The molecule has 0 saturated carbocycles. The van der Waals surface area contributed by atoms with E-state index in [-0.39, 0.29) is 0 Å². The van der Waals surface area contributed by atoms with Gasteiger partial charge in [0.1, 0.15) is 6.33 Å². The number of hydrogen-bond acceptors (Lipinski definition) is 3. The molecule has 2 aromatic rings. The molecule has 1 unspecified atom stereocenters. The van der Waals surface area contributed by atoms with Gasteiger partial charge in [0.15, 0.2) is 5.82 Å². The molecule has 0 amide bonds. The van der Waals surface area contributed by atoms with Crippen LogP contribution >= 0.6 is 0 Å². The van der Waals surface area contributed by atoms with E-state index in [1.54, 1.807) is 6.33 Å². The monoisotopic (exact) mass is 244 g/mol. The van der Waals surface area contributed by atoms with Crippen molar-refractivity contribution in [1.29, 1.82) is 0 Å². The minimum atomic E-state index is 0.416. The van der Waals surface area contributed by atoms with Gasteiger partial charge in [0.2, 0.25) is 0 Å². The standard InChI is InChI=1S/C14H20N4/c1-10(2)11(3)16-13-8-6-5-7-12(13)14-17-15-9-18(14)4/h5-11,16H,1-4H3. The van der Waals surface area contributed by atoms with Gasteiger partial charge in [0.05, 0.1) is 0 Å². The number of aryl methyl sites for hydroxylation is 1. The molecule has 0 bridgehead atoms. The smallest absolute Gasteiger partial charge is 0.165 e. The van der Waals surface area contributed by atoms with Crippen molar-refractivity contribution in [1.82, 2.24) is 14.8 Å². The van der Waals surface area contributed by atoms with Gasteiger partial charge in [-0.3, -0.25) is 0 Å². The first-order valence-corrected chi connectivity index (χ1v) is 6.29. The quantitative estimate of drug-likeness (QED) is 0.899. The number of anilines is 1. The first kappa shape index (κ1) is 12.6. The lowest BCUT2D eigenvalue weighted by Gasteiger charge is -2.20. The van der Waals surface area contributed by atoms with Gasteiger partial charge in [0.25, 0.3) is 0 Å². The van der Waals surface area contributed by atoms with Gasteiger partial charge in [-0.25, -0.2) is 0 Å². The second kappa shape index (κ2) is 5.21. The lowest BCUT2D eigenvalue weighted by atomic mass is 10.0. The van der Waals surface area contributed by atoms with Crippen LogP contribution in [0.25, 0.3) is 11.4 Å². The highest BCUT2D eigenvalue weighted by Gasteiger charge is 2.13. The second-order valence-electron chi connectivity index (χ2n) is 4.99. The van der Waals surface area contributed by atoms with Crippen LogP contribution in [0.4, 0.5) is 5.69 Å². The van der Waals surface area contributed by atoms with Crippen LogP contribution < -0.4 is 5.32 Å². The van der Waals surface area contributed by atoms with Crippen LogP contribution in [0, 0.1) is 5.92 Å². The van der Waals surface area contributed by atoms with Crippen LogP contribution in [0.1, 0.15) is 20.8 Å². The molecule has 1 aromatic heterocycles. The van der Waals surface area contributed by atoms with Crippen molar-refractivity contribution in [2.45, 2.75) is 26.8 Å². The highest BCUT2D eigenvalue weighted by atomic mass is 15.2. The predicted molar refractivity (Wildman–Crippen MR) is 74.4 cm³/mol. The molecule has 1 heterocycles. The van der Waals surface area contributed by atoms with Crippen molar-refractivity contribution in [2.24, 2.45) is 13.0 Å². The van der Waals surface area contributed by atoms with Crippen LogP contribution in [0.15, 0.2) is 30.6 Å². The fourth-order valence-corrected chi connectivity index (χ4v) is 1.74. The van der Waals surface area contributed by atoms with Crippen molar-refractivity contribution in [3.8, 4) is 11.4 Å². The fraction of sp³-hybridized carbons (Fsp3) is 0.429. The van der Waals surface area contributed by atoms with Gasteiger partial charge in [-0.1, -0.05) is 26.0 Å². The van der Waals surface area contributed by atoms with Crippen molar-refractivity contribution in [3.05, 3.63) is 30.6 Å². The van der Waals surface area contributed by atoms with Gasteiger partial charge in [0, 0.05) is 24.3 Å². The number of nitrogens with one attached hydrogen (secondary N) is 1. The summed E-state index contributed by atoms with van der Waals surface area (Å²) in [6.07, 6.45) is 1.72. The average molecular weight is 244 g/mol. The summed E-state index contributed by atoms with van der Waals surface area (Å²) < 4.78 is 1.93. The van der Waals surface area contributed by atoms with Crippen molar-refractivity contribution >= 4 is 5.69 Å². The Kier molecular flexibility index (Phi) is 3.65. The van der Waals surface area contributed by atoms with Crippen LogP contribution in [-0.4, -0.2) is 20.8 Å². The lowest BCUT2D eigenvalue weighted by Crippen LogP contribution is -2.21. The van der Waals surface area contributed by atoms with Crippen molar-refractivity contribution < 1.29 is 0 Å². The molecule has 0 aliphatic heterocycles. The van der Waals surface area contributed by atoms with Gasteiger partial charge in [-0.05, 0) is 25.0 Å². The van der Waals surface area contributed by atoms with E-state index >= 15 is 0 Å². The van der Waals surface area contributed by atoms with E-state index in [2.05, 4.69) is 48.4 Å². The Bertz CT molecular complexity index is 516. The van der Waals surface area contributed by atoms with Crippen molar-refractivity contribution in [3.63, 3.8) is 0 Å². The number of para-hydroxylation sites is 1. The van der Waals surface area contributed by atoms with Crippen LogP contribution in [-0.2, 0) is 7.05 Å². The molecule has 4 nitrogen and oxygen atoms in total. The first-order valence-electron chi connectivity index (χ1n) is 6.29. The molecule has 0 aliphatic carbocycles. The van der Waals surface area contributed by atoms with Crippen LogP contribution in [0.2, 0.25) is 0 Å². The summed E-state index contributed by atoms with van der Waals surface area (Å²) in [6, 6.07) is 8.63. The molecule has 4 heteroatoms. The molecular formula is C14H20N4. The van der Waals surface area contributed by atoms with E-state index < -0.39 is 0 Å². The zero-order chi connectivity index (χ0) is 13.1. The highest BCUT2D eigenvalue weighted by molar-refractivity contribution is 5.73. The number of aromatic nitrogens is 3. The molecule has 0 radical (unpaired) electrons. The SMILES string of the molecule is CC(C)C(C)Nc1ccccc1-c1nncn1C. The molecule has 1 atom stereocenters. The summed E-state index contributed by atoms with van der Waals surface area (Å²) in [5.41, 5.74) is 2.19. The van der Waals surface area contributed by atoms with Gasteiger partial charge in [-0.2, -0.15) is 0 Å². The third-order valence-electron chi connectivity index (χ3n) is 3.26. The molecule has 1 aromatic carbocycles. The van der Waals surface area contributed by atoms with E-state index in [4.69, 9.17) is 0 Å². The Balaban J connectivity index is 2.35. The molecule has 96 valence electrons. The summed E-state index contributed by atoms with van der Waals surface area (Å²) in [7, 11) is 1.96. The van der Waals surface area contributed by atoms with Crippen LogP contribution in [0.3, 0.4) is 0 Å². The first-order chi connectivity index (χ1) is 8.59. The third-order valence-corrected chi connectivity index (χ3v) is 3.26. The molecule has 18 heavy (non-hydrogen) atoms. The van der Waals surface area contributed by atoms with E-state index in [1.807, 2.05) is 23.7 Å². The maximum Gasteiger partial charge on any atom is 0.165 e. The number of benzene rings is 1. The molecule has 0 spiro atoms. The molecular weight excluding hydrogens is 224 g/mol. The van der Waals surface area contributed by atoms with Gasteiger partial charge >= 0.3 is 0 Å². The Morgan fingerprint density at radius 3 is 2.50 bits per heavy atom. The fourth-order valence-electron chi connectivity index (χ4n) is 1.74. The topological polar surface area (TPSA) is 42.7 Å². The third kappa shape index (κ3) is 2.53. The maximum absolute atomic E-state index is 4.17. The number of rotatable bonds is 4. The highest BCUT2D eigenvalue weighted by Crippen LogP contribution is 2.26. The second-order valence-corrected chi connectivity index (χ2v) is 4.99.